The number of benzene rings is 3. The van der Waals surface area contributed by atoms with Gasteiger partial charge in [0.1, 0.15) is 6.07 Å². The summed E-state index contributed by atoms with van der Waals surface area (Å²) < 4.78 is 0. The van der Waals surface area contributed by atoms with E-state index < -0.39 is 0 Å². The van der Waals surface area contributed by atoms with E-state index in [4.69, 9.17) is 11.6 Å². The predicted octanol–water partition coefficient (Wildman–Crippen LogP) is 4.76. The van der Waals surface area contributed by atoms with Crippen LogP contribution >= 0.6 is 23.4 Å². The molecule has 0 atom stereocenters. The molecule has 0 radical (unpaired) electrons. The van der Waals surface area contributed by atoms with Crippen LogP contribution in [0.4, 0.5) is 5.69 Å². The van der Waals surface area contributed by atoms with Crippen LogP contribution in [0.5, 0.6) is 0 Å². The van der Waals surface area contributed by atoms with Gasteiger partial charge in [0.2, 0.25) is 5.91 Å². The third-order valence-electron chi connectivity index (χ3n) is 5.52. The molecule has 3 aromatic carbocycles. The third-order valence-corrected chi connectivity index (χ3v) is 7.00. The van der Waals surface area contributed by atoms with Crippen LogP contribution in [0.15, 0.2) is 82.6 Å². The molecular formula is C26H23ClN4O2S. The first-order valence-electron chi connectivity index (χ1n) is 10.9. The summed E-state index contributed by atoms with van der Waals surface area (Å²) in [6, 6.07) is 24.2. The van der Waals surface area contributed by atoms with Gasteiger partial charge in [-0.15, -0.1) is 0 Å². The molecule has 0 aliphatic carbocycles. The number of halogens is 1. The molecule has 1 aliphatic heterocycles. The average Bonchev–Trinajstić information content (AvgIpc) is 2.86. The standard InChI is InChI=1S/C26H23ClN4O2S/c27-21-9-3-4-10-22(21)29-25(32)18-30-13-15-31(16-14-30)26(33)20-8-2-6-12-24(20)34-23-11-5-1-7-19(23)17-28/h1-12H,13-16,18H2,(H,29,32). The topological polar surface area (TPSA) is 76.4 Å². The van der Waals surface area contributed by atoms with Gasteiger partial charge in [-0.2, -0.15) is 5.26 Å². The van der Waals surface area contributed by atoms with Crippen molar-refractivity contribution in [2.24, 2.45) is 0 Å². The lowest BCUT2D eigenvalue weighted by Crippen LogP contribution is -2.50. The summed E-state index contributed by atoms with van der Waals surface area (Å²) in [6.45, 7) is 2.52. The normalized spacial score (nSPS) is 13.8. The molecular weight excluding hydrogens is 468 g/mol. The highest BCUT2D eigenvalue weighted by molar-refractivity contribution is 7.99. The summed E-state index contributed by atoms with van der Waals surface area (Å²) in [6.07, 6.45) is 0. The number of nitrogens with one attached hydrogen (secondary N) is 1. The Morgan fingerprint density at radius 3 is 2.29 bits per heavy atom. The molecule has 172 valence electrons. The van der Waals surface area contributed by atoms with E-state index in [1.807, 2.05) is 64.4 Å². The predicted molar refractivity (Wildman–Crippen MR) is 134 cm³/mol. The van der Waals surface area contributed by atoms with E-state index in [0.717, 1.165) is 9.79 Å². The number of anilines is 1. The quantitative estimate of drug-likeness (QED) is 0.539. The van der Waals surface area contributed by atoms with Gasteiger partial charge < -0.3 is 10.2 Å². The van der Waals surface area contributed by atoms with E-state index in [9.17, 15) is 14.9 Å². The van der Waals surface area contributed by atoms with Crippen molar-refractivity contribution in [3.63, 3.8) is 0 Å². The monoisotopic (exact) mass is 490 g/mol. The van der Waals surface area contributed by atoms with Gasteiger partial charge in [-0.3, -0.25) is 14.5 Å². The average molecular weight is 491 g/mol. The van der Waals surface area contributed by atoms with Crippen LogP contribution in [-0.2, 0) is 4.79 Å². The molecule has 6 nitrogen and oxygen atoms in total. The van der Waals surface area contributed by atoms with Crippen molar-refractivity contribution in [1.29, 1.82) is 5.26 Å². The van der Waals surface area contributed by atoms with Crippen molar-refractivity contribution in [1.82, 2.24) is 9.80 Å². The number of hydrogen-bond acceptors (Lipinski definition) is 5. The zero-order valence-electron chi connectivity index (χ0n) is 18.4. The van der Waals surface area contributed by atoms with Crippen molar-refractivity contribution in [3.8, 4) is 6.07 Å². The molecule has 1 N–H and O–H groups in total. The third kappa shape index (κ3) is 5.78. The van der Waals surface area contributed by atoms with Crippen LogP contribution < -0.4 is 5.32 Å². The molecule has 4 rings (SSSR count). The van der Waals surface area contributed by atoms with E-state index in [0.29, 0.717) is 48.0 Å². The van der Waals surface area contributed by atoms with Crippen molar-refractivity contribution in [3.05, 3.63) is 88.9 Å². The van der Waals surface area contributed by atoms with Gasteiger partial charge in [0.15, 0.2) is 0 Å². The largest absolute Gasteiger partial charge is 0.336 e. The Labute approximate surface area is 208 Å². The molecule has 3 aromatic rings. The van der Waals surface area contributed by atoms with Gasteiger partial charge in [0.05, 0.1) is 28.4 Å². The lowest BCUT2D eigenvalue weighted by atomic mass is 10.2. The number of nitriles is 1. The highest BCUT2D eigenvalue weighted by atomic mass is 35.5. The van der Waals surface area contributed by atoms with Gasteiger partial charge in [0, 0.05) is 36.0 Å². The van der Waals surface area contributed by atoms with Crippen LogP contribution in [0.2, 0.25) is 5.02 Å². The minimum atomic E-state index is -0.134. The highest BCUT2D eigenvalue weighted by Gasteiger charge is 2.25. The van der Waals surface area contributed by atoms with Crippen molar-refractivity contribution in [2.75, 3.05) is 38.0 Å². The number of carbonyl (C=O) groups excluding carboxylic acids is 2. The van der Waals surface area contributed by atoms with E-state index in [-0.39, 0.29) is 18.4 Å². The minimum absolute atomic E-state index is 0.0438. The zero-order valence-corrected chi connectivity index (χ0v) is 20.0. The maximum atomic E-state index is 13.3. The highest BCUT2D eigenvalue weighted by Crippen LogP contribution is 2.33. The molecule has 1 fully saturated rings. The summed E-state index contributed by atoms with van der Waals surface area (Å²) in [5.41, 5.74) is 1.79. The summed E-state index contributed by atoms with van der Waals surface area (Å²) in [5.74, 6) is -0.177. The smallest absolute Gasteiger partial charge is 0.255 e. The van der Waals surface area contributed by atoms with Crippen molar-refractivity contribution in [2.45, 2.75) is 9.79 Å². The first kappa shape index (κ1) is 23.8. The lowest BCUT2D eigenvalue weighted by molar-refractivity contribution is -0.117. The van der Waals surface area contributed by atoms with Gasteiger partial charge in [-0.25, -0.2) is 0 Å². The Hall–Kier alpha value is -3.31. The van der Waals surface area contributed by atoms with E-state index in [1.54, 1.807) is 18.2 Å². The fourth-order valence-corrected chi connectivity index (χ4v) is 4.94. The lowest BCUT2D eigenvalue weighted by Gasteiger charge is -2.34. The number of carbonyl (C=O) groups is 2. The maximum absolute atomic E-state index is 13.3. The second kappa shape index (κ2) is 11.2. The fourth-order valence-electron chi connectivity index (χ4n) is 3.73. The van der Waals surface area contributed by atoms with Crippen molar-refractivity contribution < 1.29 is 9.59 Å². The minimum Gasteiger partial charge on any atom is -0.336 e. The van der Waals surface area contributed by atoms with Crippen LogP contribution in [0.1, 0.15) is 15.9 Å². The molecule has 2 amide bonds. The van der Waals surface area contributed by atoms with E-state index in [2.05, 4.69) is 11.4 Å². The first-order chi connectivity index (χ1) is 16.5. The number of hydrogen-bond donors (Lipinski definition) is 1. The van der Waals surface area contributed by atoms with Gasteiger partial charge in [-0.1, -0.05) is 59.8 Å². The molecule has 0 aromatic heterocycles. The molecule has 1 saturated heterocycles. The zero-order chi connectivity index (χ0) is 23.9. The summed E-state index contributed by atoms with van der Waals surface area (Å²) >= 11 is 7.54. The number of amides is 2. The first-order valence-corrected chi connectivity index (χ1v) is 12.1. The Morgan fingerprint density at radius 1 is 0.912 bits per heavy atom. The molecule has 0 spiro atoms. The Morgan fingerprint density at radius 2 is 1.56 bits per heavy atom. The van der Waals surface area contributed by atoms with Crippen LogP contribution in [0, 0.1) is 11.3 Å². The second-order valence-electron chi connectivity index (χ2n) is 7.80. The summed E-state index contributed by atoms with van der Waals surface area (Å²) in [4.78, 5) is 31.2. The van der Waals surface area contributed by atoms with Crippen LogP contribution in [0.25, 0.3) is 0 Å². The molecule has 0 bridgehead atoms. The fraction of sp³-hybridized carbons (Fsp3) is 0.192. The Balaban J connectivity index is 1.36. The van der Waals surface area contributed by atoms with E-state index >= 15 is 0 Å². The van der Waals surface area contributed by atoms with Gasteiger partial charge >= 0.3 is 0 Å². The van der Waals surface area contributed by atoms with Crippen LogP contribution in [0.3, 0.4) is 0 Å². The molecule has 1 heterocycles. The van der Waals surface area contributed by atoms with Crippen molar-refractivity contribution >= 4 is 40.9 Å². The SMILES string of the molecule is N#Cc1ccccc1Sc1ccccc1C(=O)N1CCN(CC(=O)Nc2ccccc2Cl)CC1. The molecule has 1 aliphatic rings. The number of para-hydroxylation sites is 1. The van der Waals surface area contributed by atoms with Gasteiger partial charge in [0.25, 0.3) is 5.91 Å². The molecule has 0 unspecified atom stereocenters. The molecule has 0 saturated carbocycles. The Bertz CT molecular complexity index is 1240. The van der Waals surface area contributed by atoms with Gasteiger partial charge in [-0.05, 0) is 36.4 Å². The summed E-state index contributed by atoms with van der Waals surface area (Å²) in [7, 11) is 0. The molecule has 34 heavy (non-hydrogen) atoms. The summed E-state index contributed by atoms with van der Waals surface area (Å²) in [5, 5.41) is 12.7. The number of piperazine rings is 1. The number of nitrogens with zero attached hydrogens (tertiary/aromatic N) is 3. The molecule has 8 heteroatoms. The maximum Gasteiger partial charge on any atom is 0.255 e. The Kier molecular flexibility index (Phi) is 7.86. The van der Waals surface area contributed by atoms with Crippen LogP contribution in [-0.4, -0.2) is 54.3 Å². The van der Waals surface area contributed by atoms with E-state index in [1.165, 1.54) is 11.8 Å². The number of rotatable bonds is 6. The second-order valence-corrected chi connectivity index (χ2v) is 9.29.